The summed E-state index contributed by atoms with van der Waals surface area (Å²) in [4.78, 5) is 29.8. The van der Waals surface area contributed by atoms with E-state index in [1.807, 2.05) is 12.1 Å². The average Bonchev–Trinajstić information content (AvgIpc) is 3.12. The number of fused-ring (bicyclic) bond motifs is 1. The Bertz CT molecular complexity index is 867. The molecular formula is C22H27N3O2. The van der Waals surface area contributed by atoms with Crippen molar-refractivity contribution in [2.45, 2.75) is 45.1 Å². The van der Waals surface area contributed by atoms with Gasteiger partial charge in [0.2, 0.25) is 11.8 Å². The second-order valence-electron chi connectivity index (χ2n) is 7.81. The molecule has 2 aliphatic rings. The maximum absolute atomic E-state index is 12.5. The third-order valence-corrected chi connectivity index (χ3v) is 6.03. The van der Waals surface area contributed by atoms with Gasteiger partial charge in [-0.3, -0.25) is 14.5 Å². The van der Waals surface area contributed by atoms with E-state index in [1.165, 1.54) is 21.4 Å². The molecule has 1 unspecified atom stereocenters. The van der Waals surface area contributed by atoms with Crippen LogP contribution >= 0.6 is 0 Å². The largest absolute Gasteiger partial charge is 0.361 e. The number of H-pyrrole nitrogens is 1. The van der Waals surface area contributed by atoms with Crippen molar-refractivity contribution in [3.8, 4) is 0 Å². The Labute approximate surface area is 159 Å². The minimum atomic E-state index is -0.721. The number of amides is 2. The van der Waals surface area contributed by atoms with Crippen LogP contribution in [0.2, 0.25) is 0 Å². The van der Waals surface area contributed by atoms with E-state index in [0.29, 0.717) is 19.4 Å². The number of aromatic nitrogens is 1. The van der Waals surface area contributed by atoms with Gasteiger partial charge in [-0.25, -0.2) is 0 Å². The van der Waals surface area contributed by atoms with Gasteiger partial charge in [0.25, 0.3) is 0 Å². The lowest BCUT2D eigenvalue weighted by Gasteiger charge is -2.47. The Morgan fingerprint density at radius 3 is 2.81 bits per heavy atom. The van der Waals surface area contributed by atoms with Crippen molar-refractivity contribution in [3.63, 3.8) is 0 Å². The predicted octanol–water partition coefficient (Wildman–Crippen LogP) is 3.17. The van der Waals surface area contributed by atoms with Gasteiger partial charge in [0, 0.05) is 29.7 Å². The maximum atomic E-state index is 12.5. The number of carbonyl (C=O) groups excluding carboxylic acids is 2. The highest BCUT2D eigenvalue weighted by Crippen LogP contribution is 2.44. The van der Waals surface area contributed by atoms with Gasteiger partial charge in [-0.1, -0.05) is 30.4 Å². The topological polar surface area (TPSA) is 65.2 Å². The van der Waals surface area contributed by atoms with E-state index in [1.54, 1.807) is 0 Å². The fourth-order valence-electron chi connectivity index (χ4n) is 4.29. The van der Waals surface area contributed by atoms with E-state index >= 15 is 0 Å². The molecule has 2 aromatic rings. The van der Waals surface area contributed by atoms with Gasteiger partial charge in [-0.2, -0.15) is 0 Å². The number of β-lactam (4-membered cyclic amide) rings is 2. The maximum Gasteiger partial charge on any atom is 0.245 e. The summed E-state index contributed by atoms with van der Waals surface area (Å²) in [5.41, 5.74) is 1.76. The zero-order valence-electron chi connectivity index (χ0n) is 15.8. The Morgan fingerprint density at radius 1 is 1.22 bits per heavy atom. The molecule has 27 heavy (non-hydrogen) atoms. The van der Waals surface area contributed by atoms with Gasteiger partial charge in [0.1, 0.15) is 5.41 Å². The molecule has 5 heteroatoms. The van der Waals surface area contributed by atoms with Crippen LogP contribution in [0.15, 0.2) is 42.6 Å². The summed E-state index contributed by atoms with van der Waals surface area (Å²) in [5.74, 6) is 0.0608. The number of nitrogens with one attached hydrogen (secondary N) is 2. The van der Waals surface area contributed by atoms with Gasteiger partial charge in [-0.05, 0) is 57.2 Å². The number of hydrogen-bond acceptors (Lipinski definition) is 3. The highest BCUT2D eigenvalue weighted by molar-refractivity contribution is 6.21. The minimum absolute atomic E-state index is 0.0304. The lowest BCUT2D eigenvalue weighted by Crippen LogP contribution is -2.66. The van der Waals surface area contributed by atoms with Crippen molar-refractivity contribution in [1.29, 1.82) is 0 Å². The molecular weight excluding hydrogens is 338 g/mol. The number of likely N-dealkylation sites (tertiary alicyclic amines) is 1. The molecule has 1 aromatic carbocycles. The summed E-state index contributed by atoms with van der Waals surface area (Å²) in [6, 6.07) is 8.59. The summed E-state index contributed by atoms with van der Waals surface area (Å²) in [5, 5.41) is 4.79. The fourth-order valence-corrected chi connectivity index (χ4v) is 4.29. The molecule has 1 aromatic heterocycles. The summed E-state index contributed by atoms with van der Waals surface area (Å²) in [7, 11) is 0. The van der Waals surface area contributed by atoms with Crippen molar-refractivity contribution in [2.75, 3.05) is 13.1 Å². The fraction of sp³-hybridized carbons (Fsp3) is 0.455. The second kappa shape index (κ2) is 7.31. The molecule has 0 saturated carbocycles. The quantitative estimate of drug-likeness (QED) is 0.450. The summed E-state index contributed by atoms with van der Waals surface area (Å²) >= 11 is 0. The summed E-state index contributed by atoms with van der Waals surface area (Å²) in [6.07, 6.45) is 9.95. The lowest BCUT2D eigenvalue weighted by molar-refractivity contribution is -0.177. The Hall–Kier alpha value is -2.40. The number of hydrogen-bond donors (Lipinski definition) is 2. The van der Waals surface area contributed by atoms with Crippen molar-refractivity contribution in [3.05, 3.63) is 48.2 Å². The molecule has 1 saturated heterocycles. The first-order valence-corrected chi connectivity index (χ1v) is 9.91. The molecule has 0 radical (unpaired) electrons. The molecule has 2 N–H and O–H groups in total. The van der Waals surface area contributed by atoms with Crippen molar-refractivity contribution in [2.24, 2.45) is 5.41 Å². The molecule has 4 rings (SSSR count). The minimum Gasteiger partial charge on any atom is -0.361 e. The molecule has 1 atom stereocenters. The molecule has 2 amide bonds. The van der Waals surface area contributed by atoms with Gasteiger partial charge >= 0.3 is 0 Å². The number of allylic oxidation sites excluding steroid dienone is 2. The third-order valence-electron chi connectivity index (χ3n) is 6.03. The van der Waals surface area contributed by atoms with E-state index in [4.69, 9.17) is 0 Å². The first-order chi connectivity index (χ1) is 13.1. The predicted molar refractivity (Wildman–Crippen MR) is 106 cm³/mol. The molecule has 1 spiro atoms. The van der Waals surface area contributed by atoms with E-state index in [2.05, 4.69) is 47.7 Å². The smallest absolute Gasteiger partial charge is 0.245 e. The van der Waals surface area contributed by atoms with E-state index in [9.17, 15) is 9.59 Å². The van der Waals surface area contributed by atoms with Crippen LogP contribution in [0.5, 0.6) is 0 Å². The van der Waals surface area contributed by atoms with Gasteiger partial charge < -0.3 is 10.3 Å². The first kappa shape index (κ1) is 18.0. The Morgan fingerprint density at radius 2 is 2.04 bits per heavy atom. The molecule has 0 bridgehead atoms. The van der Waals surface area contributed by atoms with Crippen LogP contribution < -0.4 is 5.32 Å². The van der Waals surface area contributed by atoms with Crippen LogP contribution in [0.3, 0.4) is 0 Å². The van der Waals surface area contributed by atoms with Crippen LogP contribution in [0.25, 0.3) is 10.9 Å². The first-order valence-electron chi connectivity index (χ1n) is 9.91. The third kappa shape index (κ3) is 3.21. The van der Waals surface area contributed by atoms with E-state index < -0.39 is 5.41 Å². The SMILES string of the molecule is CC(CCN1C(=O)C2(CC=CCC2)C1=O)NCCc1c[nH]c2ccccc12. The summed E-state index contributed by atoms with van der Waals surface area (Å²) < 4.78 is 0. The van der Waals surface area contributed by atoms with Crippen molar-refractivity contribution >= 4 is 22.7 Å². The Balaban J connectivity index is 1.22. The van der Waals surface area contributed by atoms with Crippen LogP contribution in [-0.2, 0) is 16.0 Å². The second-order valence-corrected chi connectivity index (χ2v) is 7.81. The van der Waals surface area contributed by atoms with Crippen LogP contribution in [0.1, 0.15) is 38.2 Å². The number of aromatic amines is 1. The zero-order chi connectivity index (χ0) is 18.9. The van der Waals surface area contributed by atoms with E-state index in [-0.39, 0.29) is 17.9 Å². The van der Waals surface area contributed by atoms with E-state index in [0.717, 1.165) is 25.8 Å². The van der Waals surface area contributed by atoms with Gasteiger partial charge in [0.05, 0.1) is 0 Å². The van der Waals surface area contributed by atoms with Crippen LogP contribution in [0, 0.1) is 5.41 Å². The molecule has 1 fully saturated rings. The highest BCUT2D eigenvalue weighted by Gasteiger charge is 2.59. The molecule has 5 nitrogen and oxygen atoms in total. The number of para-hydroxylation sites is 1. The highest BCUT2D eigenvalue weighted by atomic mass is 16.2. The van der Waals surface area contributed by atoms with Crippen molar-refractivity contribution < 1.29 is 9.59 Å². The molecule has 1 aliphatic heterocycles. The van der Waals surface area contributed by atoms with Crippen molar-refractivity contribution in [1.82, 2.24) is 15.2 Å². The molecule has 142 valence electrons. The number of imide groups is 1. The molecule has 2 heterocycles. The van der Waals surface area contributed by atoms with Gasteiger partial charge in [-0.15, -0.1) is 0 Å². The molecule has 1 aliphatic carbocycles. The van der Waals surface area contributed by atoms with Crippen LogP contribution in [0.4, 0.5) is 0 Å². The van der Waals surface area contributed by atoms with Crippen LogP contribution in [-0.4, -0.2) is 40.8 Å². The zero-order valence-corrected chi connectivity index (χ0v) is 15.8. The number of rotatable bonds is 7. The lowest BCUT2D eigenvalue weighted by atomic mass is 9.69. The standard InChI is InChI=1S/C22H27N3O2/c1-16(23-13-9-17-15-24-19-8-4-3-7-18(17)19)10-14-25-20(26)22(21(25)27)11-5-2-6-12-22/h2-5,7-8,15-16,23-24H,6,9-14H2,1H3. The monoisotopic (exact) mass is 365 g/mol. The van der Waals surface area contributed by atoms with Gasteiger partial charge in [0.15, 0.2) is 0 Å². The number of carbonyl (C=O) groups is 2. The average molecular weight is 365 g/mol. The summed E-state index contributed by atoms with van der Waals surface area (Å²) in [6.45, 7) is 3.51. The normalized spacial score (nSPS) is 19.7. The number of benzene rings is 1. The number of nitrogens with zero attached hydrogens (tertiary/aromatic N) is 1. The Kier molecular flexibility index (Phi) is 4.87.